The molecule has 6 nitrogen and oxygen atoms in total. The fourth-order valence-corrected chi connectivity index (χ4v) is 3.79. The van der Waals surface area contributed by atoms with Crippen molar-refractivity contribution in [3.63, 3.8) is 0 Å². The first-order valence-corrected chi connectivity index (χ1v) is 9.31. The zero-order valence-corrected chi connectivity index (χ0v) is 15.6. The number of anilines is 1. The molecule has 1 aromatic carbocycles. The van der Waals surface area contributed by atoms with Crippen molar-refractivity contribution in [3.05, 3.63) is 41.1 Å². The molecule has 26 heavy (non-hydrogen) atoms. The van der Waals surface area contributed by atoms with Gasteiger partial charge in [-0.2, -0.15) is 4.98 Å². The van der Waals surface area contributed by atoms with Crippen LogP contribution in [0.3, 0.4) is 0 Å². The lowest BCUT2D eigenvalue weighted by Gasteiger charge is -2.35. The monoisotopic (exact) mass is 354 g/mol. The molecule has 2 heterocycles. The Hall–Kier alpha value is -2.34. The molecular formula is C20H26N4O2. The van der Waals surface area contributed by atoms with Crippen molar-refractivity contribution >= 4 is 5.95 Å². The normalized spacial score (nSPS) is 17.2. The summed E-state index contributed by atoms with van der Waals surface area (Å²) >= 11 is 0. The van der Waals surface area contributed by atoms with Crippen LogP contribution < -0.4 is 14.4 Å². The van der Waals surface area contributed by atoms with Crippen molar-refractivity contribution in [3.8, 4) is 11.6 Å². The lowest BCUT2D eigenvalue weighted by atomic mass is 10.2. The van der Waals surface area contributed by atoms with E-state index in [4.69, 9.17) is 14.5 Å². The van der Waals surface area contributed by atoms with Gasteiger partial charge in [0.1, 0.15) is 5.75 Å². The number of benzene rings is 1. The van der Waals surface area contributed by atoms with Crippen molar-refractivity contribution in [2.75, 3.05) is 45.3 Å². The summed E-state index contributed by atoms with van der Waals surface area (Å²) in [5, 5.41) is 0. The number of aromatic nitrogens is 2. The molecule has 1 aromatic heterocycles. The average molecular weight is 354 g/mol. The fraction of sp³-hybridized carbons (Fsp3) is 0.500. The van der Waals surface area contributed by atoms with Gasteiger partial charge in [0.2, 0.25) is 11.8 Å². The van der Waals surface area contributed by atoms with Gasteiger partial charge >= 0.3 is 0 Å². The Kier molecular flexibility index (Phi) is 4.93. The second kappa shape index (κ2) is 7.50. The van der Waals surface area contributed by atoms with E-state index in [2.05, 4.69) is 26.9 Å². The molecule has 1 aliphatic carbocycles. The lowest BCUT2D eigenvalue weighted by Crippen LogP contribution is -2.46. The van der Waals surface area contributed by atoms with Crippen LogP contribution in [0.1, 0.15) is 23.2 Å². The van der Waals surface area contributed by atoms with Crippen molar-refractivity contribution in [2.45, 2.75) is 25.8 Å². The molecule has 1 aliphatic heterocycles. The van der Waals surface area contributed by atoms with Crippen LogP contribution in [0, 0.1) is 0 Å². The van der Waals surface area contributed by atoms with Crippen LogP contribution in [0.2, 0.25) is 0 Å². The van der Waals surface area contributed by atoms with Gasteiger partial charge < -0.3 is 14.4 Å². The SMILES string of the molecule is COc1ccc(CN2CCN(c3nc4c(c(OC)n3)CCC4)CC2)cc1. The van der Waals surface area contributed by atoms with Crippen molar-refractivity contribution < 1.29 is 9.47 Å². The number of ether oxygens (including phenoxy) is 2. The number of nitrogens with zero attached hydrogens (tertiary/aromatic N) is 4. The summed E-state index contributed by atoms with van der Waals surface area (Å²) in [5.41, 5.74) is 3.69. The molecule has 0 saturated carbocycles. The molecule has 0 bridgehead atoms. The first-order chi connectivity index (χ1) is 12.8. The fourth-order valence-electron chi connectivity index (χ4n) is 3.79. The number of rotatable bonds is 5. The lowest BCUT2D eigenvalue weighted by molar-refractivity contribution is 0.248. The summed E-state index contributed by atoms with van der Waals surface area (Å²) < 4.78 is 10.7. The highest BCUT2D eigenvalue weighted by Crippen LogP contribution is 2.30. The standard InChI is InChI=1S/C20H26N4O2/c1-25-16-8-6-15(7-9-16)14-23-10-12-24(13-11-23)20-21-18-5-3-4-17(18)19(22-20)26-2/h6-9H,3-5,10-14H2,1-2H3. The van der Waals surface area contributed by atoms with Crippen molar-refractivity contribution in [2.24, 2.45) is 0 Å². The minimum absolute atomic E-state index is 0.767. The Morgan fingerprint density at radius 3 is 2.38 bits per heavy atom. The van der Waals surface area contributed by atoms with E-state index in [1.54, 1.807) is 14.2 Å². The smallest absolute Gasteiger partial charge is 0.228 e. The molecule has 0 spiro atoms. The van der Waals surface area contributed by atoms with E-state index >= 15 is 0 Å². The minimum Gasteiger partial charge on any atom is -0.497 e. The van der Waals surface area contributed by atoms with E-state index < -0.39 is 0 Å². The van der Waals surface area contributed by atoms with Gasteiger partial charge in [-0.05, 0) is 37.0 Å². The topological polar surface area (TPSA) is 50.7 Å². The van der Waals surface area contributed by atoms with E-state index in [9.17, 15) is 0 Å². The highest BCUT2D eigenvalue weighted by atomic mass is 16.5. The van der Waals surface area contributed by atoms with Crippen LogP contribution in [0.25, 0.3) is 0 Å². The highest BCUT2D eigenvalue weighted by molar-refractivity contribution is 5.43. The maximum absolute atomic E-state index is 5.51. The molecule has 0 unspecified atom stereocenters. The highest BCUT2D eigenvalue weighted by Gasteiger charge is 2.24. The summed E-state index contributed by atoms with van der Waals surface area (Å²) in [6.45, 7) is 4.87. The summed E-state index contributed by atoms with van der Waals surface area (Å²) in [7, 11) is 3.40. The molecule has 4 rings (SSSR count). The van der Waals surface area contributed by atoms with Crippen LogP contribution in [-0.2, 0) is 19.4 Å². The molecule has 2 aromatic rings. The zero-order chi connectivity index (χ0) is 17.9. The molecule has 0 N–H and O–H groups in total. The predicted molar refractivity (Wildman–Crippen MR) is 101 cm³/mol. The third-order valence-electron chi connectivity index (χ3n) is 5.30. The summed E-state index contributed by atoms with van der Waals surface area (Å²) in [6, 6.07) is 8.33. The van der Waals surface area contributed by atoms with Gasteiger partial charge in [0.25, 0.3) is 0 Å². The van der Waals surface area contributed by atoms with E-state index in [1.807, 2.05) is 12.1 Å². The van der Waals surface area contributed by atoms with Gasteiger partial charge in [-0.1, -0.05) is 12.1 Å². The van der Waals surface area contributed by atoms with Gasteiger partial charge in [-0.15, -0.1) is 0 Å². The van der Waals surface area contributed by atoms with Crippen LogP contribution in [0.5, 0.6) is 11.6 Å². The average Bonchev–Trinajstić information content (AvgIpc) is 3.17. The Morgan fingerprint density at radius 1 is 0.923 bits per heavy atom. The van der Waals surface area contributed by atoms with Gasteiger partial charge in [-0.3, -0.25) is 4.90 Å². The summed E-state index contributed by atoms with van der Waals surface area (Å²) in [6.07, 6.45) is 3.23. The van der Waals surface area contributed by atoms with Crippen molar-refractivity contribution in [1.82, 2.24) is 14.9 Å². The Balaban J connectivity index is 1.39. The van der Waals surface area contributed by atoms with E-state index in [0.717, 1.165) is 69.6 Å². The molecule has 0 amide bonds. The number of hydrogen-bond donors (Lipinski definition) is 0. The second-order valence-electron chi connectivity index (χ2n) is 6.92. The molecule has 0 radical (unpaired) electrons. The summed E-state index contributed by atoms with van der Waals surface area (Å²) in [4.78, 5) is 14.2. The molecular weight excluding hydrogens is 328 g/mol. The number of hydrogen-bond acceptors (Lipinski definition) is 6. The van der Waals surface area contributed by atoms with Crippen LogP contribution in [-0.4, -0.2) is 55.3 Å². The molecule has 1 saturated heterocycles. The Labute approximate surface area is 154 Å². The number of aryl methyl sites for hydroxylation is 1. The van der Waals surface area contributed by atoms with E-state index in [1.165, 1.54) is 16.8 Å². The minimum atomic E-state index is 0.767. The third kappa shape index (κ3) is 3.46. The van der Waals surface area contributed by atoms with Gasteiger partial charge in [0, 0.05) is 38.3 Å². The molecule has 2 aliphatic rings. The molecule has 138 valence electrons. The molecule has 0 atom stereocenters. The predicted octanol–water partition coefficient (Wildman–Crippen LogP) is 2.30. The number of methoxy groups -OCH3 is 2. The maximum atomic E-state index is 5.51. The van der Waals surface area contributed by atoms with Crippen molar-refractivity contribution in [1.29, 1.82) is 0 Å². The summed E-state index contributed by atoms with van der Waals surface area (Å²) in [5.74, 6) is 2.50. The zero-order valence-electron chi connectivity index (χ0n) is 15.6. The second-order valence-corrected chi connectivity index (χ2v) is 6.92. The van der Waals surface area contributed by atoms with Crippen LogP contribution >= 0.6 is 0 Å². The number of fused-ring (bicyclic) bond motifs is 1. The first kappa shape index (κ1) is 17.1. The quantitative estimate of drug-likeness (QED) is 0.821. The maximum Gasteiger partial charge on any atom is 0.228 e. The molecule has 1 fully saturated rings. The number of piperazine rings is 1. The van der Waals surface area contributed by atoms with Crippen LogP contribution in [0.15, 0.2) is 24.3 Å². The van der Waals surface area contributed by atoms with Gasteiger partial charge in [0.05, 0.1) is 19.9 Å². The molecule has 6 heteroatoms. The Bertz CT molecular complexity index is 755. The first-order valence-electron chi connectivity index (χ1n) is 9.31. The van der Waals surface area contributed by atoms with E-state index in [-0.39, 0.29) is 0 Å². The Morgan fingerprint density at radius 2 is 1.69 bits per heavy atom. The largest absolute Gasteiger partial charge is 0.497 e. The van der Waals surface area contributed by atoms with Crippen LogP contribution in [0.4, 0.5) is 5.95 Å². The third-order valence-corrected chi connectivity index (χ3v) is 5.30. The van der Waals surface area contributed by atoms with Gasteiger partial charge in [-0.25, -0.2) is 4.98 Å². The van der Waals surface area contributed by atoms with Gasteiger partial charge in [0.15, 0.2) is 0 Å². The van der Waals surface area contributed by atoms with E-state index in [0.29, 0.717) is 0 Å².